The van der Waals surface area contributed by atoms with E-state index in [0.717, 1.165) is 23.9 Å². The largest absolute Gasteiger partial charge is 0.416 e. The van der Waals surface area contributed by atoms with Gasteiger partial charge in [-0.05, 0) is 36.8 Å². The summed E-state index contributed by atoms with van der Waals surface area (Å²) in [4.78, 5) is 12.4. The summed E-state index contributed by atoms with van der Waals surface area (Å²) in [6.45, 7) is 1.76. The van der Waals surface area contributed by atoms with Crippen molar-refractivity contribution < 1.29 is 26.4 Å². The minimum Gasteiger partial charge on any atom is -0.348 e. The van der Waals surface area contributed by atoms with E-state index in [9.17, 15) is 26.4 Å². The molecule has 0 atom stereocenters. The van der Waals surface area contributed by atoms with E-state index in [-0.39, 0.29) is 12.1 Å². The van der Waals surface area contributed by atoms with Crippen LogP contribution in [0.5, 0.6) is 0 Å². The summed E-state index contributed by atoms with van der Waals surface area (Å²) in [5, 5.41) is 7.97. The molecule has 3 aromatic rings. The number of hydrogen-bond acceptors (Lipinski definition) is 4. The van der Waals surface area contributed by atoms with Crippen LogP contribution in [0.2, 0.25) is 0 Å². The van der Waals surface area contributed by atoms with E-state index in [2.05, 4.69) is 20.2 Å². The van der Waals surface area contributed by atoms with Crippen LogP contribution in [-0.4, -0.2) is 24.5 Å². The second kappa shape index (κ2) is 8.19. The van der Waals surface area contributed by atoms with Crippen LogP contribution in [0.4, 0.5) is 18.9 Å². The number of nitrogens with one attached hydrogen (secondary N) is 3. The number of aromatic nitrogens is 2. The molecule has 0 aliphatic rings. The molecule has 0 spiro atoms. The standard InChI is InChI=1S/C19H17F3N4O3S/c1-12-2-8-15(9-3-12)26-30(28,29)18-16(11-24-25-18)17(27)23-10-13-4-6-14(7-5-13)19(20,21)22/h2-9,11,26H,10H2,1H3,(H,23,27)(H,24,25). The number of H-pyrrole nitrogens is 1. The number of benzene rings is 2. The lowest BCUT2D eigenvalue weighted by molar-refractivity contribution is -0.137. The van der Waals surface area contributed by atoms with Gasteiger partial charge in [0.1, 0.15) is 0 Å². The number of halogens is 3. The van der Waals surface area contributed by atoms with Gasteiger partial charge in [0.05, 0.1) is 17.3 Å². The molecule has 0 bridgehead atoms. The molecule has 1 amide bonds. The molecular formula is C19H17F3N4O3S. The molecule has 1 heterocycles. The third-order valence-corrected chi connectivity index (χ3v) is 5.51. The number of rotatable bonds is 6. The van der Waals surface area contributed by atoms with Crippen LogP contribution in [-0.2, 0) is 22.7 Å². The molecule has 1 aromatic heterocycles. The highest BCUT2D eigenvalue weighted by Gasteiger charge is 2.30. The molecule has 7 nitrogen and oxygen atoms in total. The Balaban J connectivity index is 1.71. The summed E-state index contributed by atoms with van der Waals surface area (Å²) < 4.78 is 65.4. The average Bonchev–Trinajstić information content (AvgIpc) is 3.18. The first-order chi connectivity index (χ1) is 14.1. The second-order valence-electron chi connectivity index (χ2n) is 6.46. The molecule has 0 aliphatic carbocycles. The van der Waals surface area contributed by atoms with E-state index in [0.29, 0.717) is 11.3 Å². The minimum atomic E-state index is -4.45. The van der Waals surface area contributed by atoms with Gasteiger partial charge in [-0.15, -0.1) is 0 Å². The highest BCUT2D eigenvalue weighted by atomic mass is 32.2. The van der Waals surface area contributed by atoms with E-state index >= 15 is 0 Å². The van der Waals surface area contributed by atoms with E-state index < -0.39 is 32.7 Å². The van der Waals surface area contributed by atoms with Crippen molar-refractivity contribution in [1.29, 1.82) is 0 Å². The van der Waals surface area contributed by atoms with Gasteiger partial charge >= 0.3 is 6.18 Å². The number of sulfonamides is 1. The summed E-state index contributed by atoms with van der Waals surface area (Å²) in [5.41, 5.74) is 0.653. The fourth-order valence-corrected chi connectivity index (χ4v) is 3.71. The first-order valence-corrected chi connectivity index (χ1v) is 10.1. The van der Waals surface area contributed by atoms with Gasteiger partial charge in [0, 0.05) is 12.2 Å². The van der Waals surface area contributed by atoms with Crippen molar-refractivity contribution in [2.75, 3.05) is 4.72 Å². The normalized spacial score (nSPS) is 11.9. The van der Waals surface area contributed by atoms with Crippen LogP contribution in [0.15, 0.2) is 59.8 Å². The Hall–Kier alpha value is -3.34. The predicted octanol–water partition coefficient (Wildman–Crippen LogP) is 3.47. The van der Waals surface area contributed by atoms with Crippen LogP contribution < -0.4 is 10.0 Å². The lowest BCUT2D eigenvalue weighted by Gasteiger charge is -2.10. The van der Waals surface area contributed by atoms with Crippen molar-refractivity contribution in [2.45, 2.75) is 24.7 Å². The number of nitrogens with zero attached hydrogens (tertiary/aromatic N) is 1. The van der Waals surface area contributed by atoms with Crippen molar-refractivity contribution in [1.82, 2.24) is 15.5 Å². The number of hydrogen-bond donors (Lipinski definition) is 3. The third-order valence-electron chi connectivity index (χ3n) is 4.16. The molecular weight excluding hydrogens is 421 g/mol. The molecule has 2 aromatic carbocycles. The molecule has 0 saturated heterocycles. The number of amides is 1. The van der Waals surface area contributed by atoms with Crippen LogP contribution in [0.25, 0.3) is 0 Å². The number of aryl methyl sites for hydroxylation is 1. The van der Waals surface area contributed by atoms with Crippen molar-refractivity contribution >= 4 is 21.6 Å². The fourth-order valence-electron chi connectivity index (χ4n) is 2.56. The average molecular weight is 438 g/mol. The topological polar surface area (TPSA) is 104 Å². The summed E-state index contributed by atoms with van der Waals surface area (Å²) in [7, 11) is -4.12. The van der Waals surface area contributed by atoms with Crippen molar-refractivity contribution in [3.8, 4) is 0 Å². The summed E-state index contributed by atoms with van der Waals surface area (Å²) >= 11 is 0. The van der Waals surface area contributed by atoms with Gasteiger partial charge in [0.25, 0.3) is 15.9 Å². The zero-order valence-corrected chi connectivity index (χ0v) is 16.4. The smallest absolute Gasteiger partial charge is 0.348 e. The highest BCUT2D eigenvalue weighted by molar-refractivity contribution is 7.92. The SMILES string of the molecule is Cc1ccc(NS(=O)(=O)c2[nH]ncc2C(=O)NCc2ccc(C(F)(F)F)cc2)cc1. The Kier molecular flexibility index (Phi) is 5.83. The van der Waals surface area contributed by atoms with Crippen LogP contribution in [0.3, 0.4) is 0 Å². The van der Waals surface area contributed by atoms with E-state index in [1.54, 1.807) is 24.3 Å². The fraction of sp³-hybridized carbons (Fsp3) is 0.158. The number of alkyl halides is 3. The van der Waals surface area contributed by atoms with Gasteiger partial charge in [0.15, 0.2) is 5.03 Å². The number of aromatic amines is 1. The van der Waals surface area contributed by atoms with E-state index in [1.165, 1.54) is 12.1 Å². The number of anilines is 1. The van der Waals surface area contributed by atoms with Crippen molar-refractivity contribution in [3.05, 3.63) is 77.0 Å². The zero-order chi connectivity index (χ0) is 21.9. The summed E-state index contributed by atoms with van der Waals surface area (Å²) in [6, 6.07) is 10.9. The highest BCUT2D eigenvalue weighted by Crippen LogP contribution is 2.29. The Labute approximate surface area is 170 Å². The lowest BCUT2D eigenvalue weighted by atomic mass is 10.1. The molecule has 3 rings (SSSR count). The molecule has 0 saturated carbocycles. The van der Waals surface area contributed by atoms with Crippen LogP contribution >= 0.6 is 0 Å². The Bertz CT molecular complexity index is 1140. The first kappa shape index (κ1) is 21.4. The Morgan fingerprint density at radius 3 is 2.30 bits per heavy atom. The number of carbonyl (C=O) groups excluding carboxylic acids is 1. The zero-order valence-electron chi connectivity index (χ0n) is 15.6. The van der Waals surface area contributed by atoms with E-state index in [1.807, 2.05) is 6.92 Å². The maximum absolute atomic E-state index is 12.6. The van der Waals surface area contributed by atoms with Gasteiger partial charge in [0.2, 0.25) is 0 Å². The number of carbonyl (C=O) groups is 1. The lowest BCUT2D eigenvalue weighted by Crippen LogP contribution is -2.25. The van der Waals surface area contributed by atoms with E-state index in [4.69, 9.17) is 0 Å². The van der Waals surface area contributed by atoms with Gasteiger partial charge in [-0.1, -0.05) is 29.8 Å². The maximum Gasteiger partial charge on any atom is 0.416 e. The first-order valence-electron chi connectivity index (χ1n) is 8.63. The molecule has 0 unspecified atom stereocenters. The van der Waals surface area contributed by atoms with Gasteiger partial charge in [-0.3, -0.25) is 14.6 Å². The van der Waals surface area contributed by atoms with Gasteiger partial charge in [-0.2, -0.15) is 26.7 Å². The molecule has 0 radical (unpaired) electrons. The minimum absolute atomic E-state index is 0.0902. The Morgan fingerprint density at radius 1 is 1.07 bits per heavy atom. The molecule has 158 valence electrons. The molecule has 3 N–H and O–H groups in total. The molecule has 0 fully saturated rings. The van der Waals surface area contributed by atoms with Crippen molar-refractivity contribution in [3.63, 3.8) is 0 Å². The van der Waals surface area contributed by atoms with Gasteiger partial charge in [-0.25, -0.2) is 0 Å². The molecule has 11 heteroatoms. The second-order valence-corrected chi connectivity index (χ2v) is 8.08. The monoisotopic (exact) mass is 438 g/mol. The maximum atomic E-state index is 12.6. The quantitative estimate of drug-likeness (QED) is 0.548. The van der Waals surface area contributed by atoms with Crippen molar-refractivity contribution in [2.24, 2.45) is 0 Å². The molecule has 30 heavy (non-hydrogen) atoms. The predicted molar refractivity (Wildman–Crippen MR) is 103 cm³/mol. The summed E-state index contributed by atoms with van der Waals surface area (Å²) in [6.07, 6.45) is -3.39. The Morgan fingerprint density at radius 2 is 1.70 bits per heavy atom. The van der Waals surface area contributed by atoms with Gasteiger partial charge < -0.3 is 5.32 Å². The van der Waals surface area contributed by atoms with Crippen LogP contribution in [0.1, 0.15) is 27.0 Å². The summed E-state index contributed by atoms with van der Waals surface area (Å²) in [5.74, 6) is -0.743. The third kappa shape index (κ3) is 4.98. The van der Waals surface area contributed by atoms with Crippen LogP contribution in [0, 0.1) is 6.92 Å². The molecule has 0 aliphatic heterocycles.